The van der Waals surface area contributed by atoms with Gasteiger partial charge in [0.05, 0.1) is 6.20 Å². The van der Waals surface area contributed by atoms with E-state index in [1.165, 1.54) is 27.9 Å². The van der Waals surface area contributed by atoms with Gasteiger partial charge in [-0.05, 0) is 36.1 Å². The predicted octanol–water partition coefficient (Wildman–Crippen LogP) is 2.39. The molecule has 0 unspecified atom stereocenters. The normalized spacial score (nSPS) is 14.2. The van der Waals surface area contributed by atoms with Crippen LogP contribution in [0.15, 0.2) is 24.5 Å². The summed E-state index contributed by atoms with van der Waals surface area (Å²) in [6, 6.07) is 4.45. The van der Waals surface area contributed by atoms with Crippen molar-refractivity contribution < 1.29 is 0 Å². The van der Waals surface area contributed by atoms with Gasteiger partial charge in [0.25, 0.3) is 0 Å². The summed E-state index contributed by atoms with van der Waals surface area (Å²) in [5.41, 5.74) is 6.80. The molecule has 3 nitrogen and oxygen atoms in total. The van der Waals surface area contributed by atoms with E-state index in [2.05, 4.69) is 42.3 Å². The lowest BCUT2D eigenvalue weighted by molar-refractivity contribution is 0.768. The summed E-state index contributed by atoms with van der Waals surface area (Å²) in [7, 11) is 4.12. The number of anilines is 1. The molecule has 0 N–H and O–H groups in total. The van der Waals surface area contributed by atoms with Gasteiger partial charge >= 0.3 is 0 Å². The van der Waals surface area contributed by atoms with E-state index in [4.69, 9.17) is 0 Å². The fraction of sp³-hybridized carbons (Fsp3) is 0.357. The summed E-state index contributed by atoms with van der Waals surface area (Å²) >= 11 is 0. The smallest absolute Gasteiger partial charge is 0.0568 e. The van der Waals surface area contributed by atoms with Crippen molar-refractivity contribution in [2.45, 2.75) is 13.3 Å². The van der Waals surface area contributed by atoms with Gasteiger partial charge in [0, 0.05) is 38.1 Å². The molecule has 0 bridgehead atoms. The largest absolute Gasteiger partial charge is 0.374 e. The lowest BCUT2D eigenvalue weighted by Crippen LogP contribution is -2.12. The van der Waals surface area contributed by atoms with E-state index in [-0.39, 0.29) is 0 Å². The number of benzene rings is 1. The molecule has 0 aliphatic carbocycles. The molecule has 2 heterocycles. The van der Waals surface area contributed by atoms with Crippen LogP contribution in [-0.2, 0) is 13.5 Å². The molecule has 1 aliphatic rings. The van der Waals surface area contributed by atoms with E-state index in [1.807, 2.05) is 17.9 Å². The molecular weight excluding hydrogens is 210 g/mol. The maximum absolute atomic E-state index is 4.25. The summed E-state index contributed by atoms with van der Waals surface area (Å²) in [4.78, 5) is 2.33. The number of fused-ring (bicyclic) bond motifs is 1. The fourth-order valence-corrected chi connectivity index (χ4v) is 2.69. The standard InChI is InChI=1S/C14H17N3/c1-10-12(11-8-15-17(3)9-11)4-5-14-13(10)6-7-16(14)2/h4-5,8-9H,6-7H2,1-3H3. The number of likely N-dealkylation sites (N-methyl/N-ethyl adjacent to an activating group) is 1. The molecule has 0 saturated heterocycles. The third-order valence-electron chi connectivity index (χ3n) is 3.70. The molecule has 3 heteroatoms. The third kappa shape index (κ3) is 1.54. The molecule has 17 heavy (non-hydrogen) atoms. The number of hydrogen-bond donors (Lipinski definition) is 0. The Labute approximate surface area is 102 Å². The topological polar surface area (TPSA) is 21.1 Å². The number of nitrogens with zero attached hydrogens (tertiary/aromatic N) is 3. The van der Waals surface area contributed by atoms with E-state index in [0.717, 1.165) is 13.0 Å². The summed E-state index contributed by atoms with van der Waals surface area (Å²) in [6.07, 6.45) is 5.17. The first-order valence-corrected chi connectivity index (χ1v) is 5.99. The van der Waals surface area contributed by atoms with Crippen LogP contribution >= 0.6 is 0 Å². The van der Waals surface area contributed by atoms with Crippen LogP contribution in [0.5, 0.6) is 0 Å². The minimum atomic E-state index is 1.13. The Hall–Kier alpha value is -1.77. The van der Waals surface area contributed by atoms with Gasteiger partial charge < -0.3 is 4.90 Å². The van der Waals surface area contributed by atoms with Crippen molar-refractivity contribution in [2.75, 3.05) is 18.5 Å². The van der Waals surface area contributed by atoms with Crippen molar-refractivity contribution in [1.82, 2.24) is 9.78 Å². The van der Waals surface area contributed by atoms with Crippen LogP contribution in [0.25, 0.3) is 11.1 Å². The first-order valence-electron chi connectivity index (χ1n) is 5.99. The monoisotopic (exact) mass is 227 g/mol. The summed E-state index contributed by atoms with van der Waals surface area (Å²) in [5.74, 6) is 0. The van der Waals surface area contributed by atoms with Gasteiger partial charge in [-0.25, -0.2) is 0 Å². The molecule has 1 aromatic heterocycles. The van der Waals surface area contributed by atoms with Gasteiger partial charge in [0.15, 0.2) is 0 Å². The summed E-state index contributed by atoms with van der Waals surface area (Å²) in [5, 5.41) is 4.25. The Morgan fingerprint density at radius 1 is 1.24 bits per heavy atom. The van der Waals surface area contributed by atoms with E-state index >= 15 is 0 Å². The van der Waals surface area contributed by atoms with Gasteiger partial charge in [0.2, 0.25) is 0 Å². The lowest BCUT2D eigenvalue weighted by Gasteiger charge is -2.14. The van der Waals surface area contributed by atoms with E-state index in [0.29, 0.717) is 0 Å². The fourth-order valence-electron chi connectivity index (χ4n) is 2.69. The van der Waals surface area contributed by atoms with E-state index < -0.39 is 0 Å². The Balaban J connectivity index is 2.14. The van der Waals surface area contributed by atoms with Gasteiger partial charge in [0.1, 0.15) is 0 Å². The highest BCUT2D eigenvalue weighted by molar-refractivity contribution is 5.74. The van der Waals surface area contributed by atoms with Gasteiger partial charge in [-0.3, -0.25) is 4.68 Å². The van der Waals surface area contributed by atoms with Gasteiger partial charge in [-0.1, -0.05) is 6.07 Å². The molecule has 88 valence electrons. The Bertz CT molecular complexity index is 569. The second kappa shape index (κ2) is 3.62. The van der Waals surface area contributed by atoms with Crippen LogP contribution in [0.2, 0.25) is 0 Å². The molecule has 0 radical (unpaired) electrons. The quantitative estimate of drug-likeness (QED) is 0.746. The Morgan fingerprint density at radius 2 is 2.06 bits per heavy atom. The number of rotatable bonds is 1. The number of aromatic nitrogens is 2. The van der Waals surface area contributed by atoms with Crippen molar-refractivity contribution in [3.63, 3.8) is 0 Å². The van der Waals surface area contributed by atoms with Gasteiger partial charge in [-0.15, -0.1) is 0 Å². The molecule has 1 aromatic carbocycles. The Kier molecular flexibility index (Phi) is 2.21. The summed E-state index contributed by atoms with van der Waals surface area (Å²) < 4.78 is 1.86. The highest BCUT2D eigenvalue weighted by atomic mass is 15.2. The van der Waals surface area contributed by atoms with Crippen molar-refractivity contribution in [2.24, 2.45) is 7.05 Å². The van der Waals surface area contributed by atoms with Crippen molar-refractivity contribution in [3.8, 4) is 11.1 Å². The second-order valence-electron chi connectivity index (χ2n) is 4.81. The minimum Gasteiger partial charge on any atom is -0.374 e. The van der Waals surface area contributed by atoms with Crippen LogP contribution < -0.4 is 4.90 Å². The zero-order valence-corrected chi connectivity index (χ0v) is 10.6. The molecule has 0 saturated carbocycles. The maximum Gasteiger partial charge on any atom is 0.0568 e. The van der Waals surface area contributed by atoms with Crippen LogP contribution in [0.3, 0.4) is 0 Å². The van der Waals surface area contributed by atoms with Crippen LogP contribution in [0.4, 0.5) is 5.69 Å². The lowest BCUT2D eigenvalue weighted by atomic mass is 9.97. The highest BCUT2D eigenvalue weighted by Gasteiger charge is 2.19. The predicted molar refractivity (Wildman–Crippen MR) is 70.4 cm³/mol. The van der Waals surface area contributed by atoms with Crippen molar-refractivity contribution in [3.05, 3.63) is 35.7 Å². The van der Waals surface area contributed by atoms with E-state index in [1.54, 1.807) is 0 Å². The van der Waals surface area contributed by atoms with Gasteiger partial charge in [-0.2, -0.15) is 5.10 Å². The average molecular weight is 227 g/mol. The molecule has 0 atom stereocenters. The molecule has 1 aliphatic heterocycles. The average Bonchev–Trinajstić information content (AvgIpc) is 2.87. The number of hydrogen-bond acceptors (Lipinski definition) is 2. The minimum absolute atomic E-state index is 1.13. The molecule has 0 amide bonds. The van der Waals surface area contributed by atoms with Crippen LogP contribution in [0.1, 0.15) is 11.1 Å². The van der Waals surface area contributed by atoms with Crippen LogP contribution in [0, 0.1) is 6.92 Å². The van der Waals surface area contributed by atoms with Crippen molar-refractivity contribution in [1.29, 1.82) is 0 Å². The SMILES string of the molecule is Cc1c(-c2cnn(C)c2)ccc2c1CCN2C. The first kappa shape index (κ1) is 10.4. The van der Waals surface area contributed by atoms with Crippen molar-refractivity contribution >= 4 is 5.69 Å². The molecule has 0 fully saturated rings. The Morgan fingerprint density at radius 3 is 2.76 bits per heavy atom. The molecule has 2 aromatic rings. The first-order chi connectivity index (χ1) is 8.16. The summed E-state index contributed by atoms with van der Waals surface area (Å²) in [6.45, 7) is 3.35. The van der Waals surface area contributed by atoms with E-state index in [9.17, 15) is 0 Å². The maximum atomic E-state index is 4.25. The van der Waals surface area contributed by atoms with Crippen LogP contribution in [-0.4, -0.2) is 23.4 Å². The third-order valence-corrected chi connectivity index (χ3v) is 3.70. The molecule has 3 rings (SSSR count). The number of aryl methyl sites for hydroxylation is 1. The zero-order valence-electron chi connectivity index (χ0n) is 10.6. The second-order valence-corrected chi connectivity index (χ2v) is 4.81. The highest BCUT2D eigenvalue weighted by Crippen LogP contribution is 2.35. The zero-order chi connectivity index (χ0) is 12.0. The molecule has 0 spiro atoms. The molecular formula is C14H17N3.